The summed E-state index contributed by atoms with van der Waals surface area (Å²) in [6.07, 6.45) is 0. The van der Waals surface area contributed by atoms with Crippen LogP contribution in [0.4, 0.5) is 0 Å². The van der Waals surface area contributed by atoms with Crippen molar-refractivity contribution < 1.29 is 9.69 Å². The van der Waals surface area contributed by atoms with Crippen LogP contribution < -0.4 is 10.2 Å². The van der Waals surface area contributed by atoms with E-state index < -0.39 is 0 Å². The number of nitrogens with one attached hydrogen (secondary N) is 2. The van der Waals surface area contributed by atoms with E-state index >= 15 is 0 Å². The minimum atomic E-state index is -0.186. The van der Waals surface area contributed by atoms with Gasteiger partial charge in [0.25, 0.3) is 5.91 Å². The van der Waals surface area contributed by atoms with Gasteiger partial charge in [0.05, 0.1) is 37.8 Å². The van der Waals surface area contributed by atoms with Gasteiger partial charge in [0, 0.05) is 5.02 Å². The van der Waals surface area contributed by atoms with Crippen molar-refractivity contribution in [2.24, 2.45) is 0 Å². The summed E-state index contributed by atoms with van der Waals surface area (Å²) in [6.45, 7) is 1.48. The summed E-state index contributed by atoms with van der Waals surface area (Å²) in [6, 6.07) is 4.85. The van der Waals surface area contributed by atoms with Crippen molar-refractivity contribution in [2.45, 2.75) is 0 Å². The van der Waals surface area contributed by atoms with Crippen molar-refractivity contribution in [3.63, 3.8) is 0 Å². The first-order valence-corrected chi connectivity index (χ1v) is 5.78. The smallest absolute Gasteiger partial charge is 0.253 e. The van der Waals surface area contributed by atoms with Crippen LogP contribution in [0, 0.1) is 0 Å². The third-order valence-corrected chi connectivity index (χ3v) is 2.65. The standard InChI is InChI=1S/C11H14Cl2N2O/c1-15(2)6-5-14-11(16)9-7-8(12)3-4-10(9)13/h3-4,7H,5-6H2,1-2H3,(H,14,16)/p+1. The maximum atomic E-state index is 11.7. The Bertz CT molecular complexity index is 380. The first-order chi connectivity index (χ1) is 7.50. The Kier molecular flexibility index (Phi) is 5.06. The summed E-state index contributed by atoms with van der Waals surface area (Å²) in [4.78, 5) is 13.0. The van der Waals surface area contributed by atoms with Gasteiger partial charge in [-0.3, -0.25) is 4.79 Å². The van der Waals surface area contributed by atoms with Gasteiger partial charge in [0.2, 0.25) is 0 Å². The zero-order valence-electron chi connectivity index (χ0n) is 9.31. The Hall–Kier alpha value is -0.770. The second-order valence-corrected chi connectivity index (χ2v) is 4.68. The van der Waals surface area contributed by atoms with Gasteiger partial charge < -0.3 is 10.2 Å². The molecule has 0 aliphatic heterocycles. The molecule has 0 fully saturated rings. The molecule has 0 saturated heterocycles. The SMILES string of the molecule is C[NH+](C)CCNC(=O)c1cc(Cl)ccc1Cl. The highest BCUT2D eigenvalue weighted by molar-refractivity contribution is 6.35. The van der Waals surface area contributed by atoms with Crippen LogP contribution in [0.1, 0.15) is 10.4 Å². The van der Waals surface area contributed by atoms with Crippen LogP contribution in [-0.4, -0.2) is 33.1 Å². The van der Waals surface area contributed by atoms with Gasteiger partial charge in [-0.25, -0.2) is 0 Å². The number of hydrogen-bond acceptors (Lipinski definition) is 1. The third-order valence-electron chi connectivity index (χ3n) is 2.08. The molecule has 0 bridgehead atoms. The molecule has 1 aromatic carbocycles. The fraction of sp³-hybridized carbons (Fsp3) is 0.364. The summed E-state index contributed by atoms with van der Waals surface area (Å²) in [5.74, 6) is -0.186. The first kappa shape index (κ1) is 13.3. The lowest BCUT2D eigenvalue weighted by molar-refractivity contribution is -0.856. The molecule has 0 aliphatic rings. The largest absolute Gasteiger partial charge is 0.346 e. The summed E-state index contributed by atoms with van der Waals surface area (Å²) < 4.78 is 0. The number of hydrogen-bond donors (Lipinski definition) is 2. The molecule has 2 N–H and O–H groups in total. The maximum Gasteiger partial charge on any atom is 0.253 e. The first-order valence-electron chi connectivity index (χ1n) is 5.03. The average Bonchev–Trinajstić information content (AvgIpc) is 2.21. The van der Waals surface area contributed by atoms with Crippen molar-refractivity contribution in [1.82, 2.24) is 5.32 Å². The molecule has 1 amide bonds. The van der Waals surface area contributed by atoms with E-state index in [0.717, 1.165) is 6.54 Å². The molecule has 16 heavy (non-hydrogen) atoms. The Morgan fingerprint density at radius 2 is 2.06 bits per heavy atom. The van der Waals surface area contributed by atoms with E-state index in [1.807, 2.05) is 14.1 Å². The molecule has 1 aromatic rings. The van der Waals surface area contributed by atoms with Gasteiger partial charge >= 0.3 is 0 Å². The molecule has 0 heterocycles. The topological polar surface area (TPSA) is 33.5 Å². The van der Waals surface area contributed by atoms with E-state index in [1.165, 1.54) is 4.90 Å². The molecular formula is C11H15Cl2N2O+. The maximum absolute atomic E-state index is 11.7. The summed E-state index contributed by atoms with van der Waals surface area (Å²) >= 11 is 11.7. The second kappa shape index (κ2) is 6.09. The molecule has 0 unspecified atom stereocenters. The monoisotopic (exact) mass is 261 g/mol. The molecule has 1 rings (SSSR count). The highest BCUT2D eigenvalue weighted by Gasteiger charge is 2.10. The van der Waals surface area contributed by atoms with Crippen molar-refractivity contribution >= 4 is 29.1 Å². The number of rotatable bonds is 4. The van der Waals surface area contributed by atoms with Gasteiger partial charge in [0.1, 0.15) is 0 Å². The molecule has 0 saturated carbocycles. The van der Waals surface area contributed by atoms with Crippen molar-refractivity contribution in [3.8, 4) is 0 Å². The lowest BCUT2D eigenvalue weighted by atomic mass is 10.2. The number of quaternary nitrogens is 1. The lowest BCUT2D eigenvalue weighted by Gasteiger charge is -2.09. The van der Waals surface area contributed by atoms with Gasteiger partial charge in [-0.2, -0.15) is 0 Å². The minimum absolute atomic E-state index is 0.186. The zero-order valence-corrected chi connectivity index (χ0v) is 10.8. The van der Waals surface area contributed by atoms with Crippen LogP contribution in [0.5, 0.6) is 0 Å². The normalized spacial score (nSPS) is 10.6. The molecule has 3 nitrogen and oxygen atoms in total. The quantitative estimate of drug-likeness (QED) is 0.829. The average molecular weight is 262 g/mol. The number of carbonyl (C=O) groups excluding carboxylic acids is 1. The van der Waals surface area contributed by atoms with E-state index in [1.54, 1.807) is 18.2 Å². The predicted molar refractivity (Wildman–Crippen MR) is 66.5 cm³/mol. The molecule has 0 aliphatic carbocycles. The highest BCUT2D eigenvalue weighted by atomic mass is 35.5. The Balaban J connectivity index is 2.62. The van der Waals surface area contributed by atoms with E-state index in [9.17, 15) is 4.79 Å². The number of benzene rings is 1. The van der Waals surface area contributed by atoms with Crippen LogP contribution in [0.2, 0.25) is 10.0 Å². The number of amides is 1. The Labute approximate surface area is 105 Å². The van der Waals surface area contributed by atoms with E-state index in [-0.39, 0.29) is 5.91 Å². The van der Waals surface area contributed by atoms with Gasteiger partial charge in [-0.05, 0) is 18.2 Å². The minimum Gasteiger partial charge on any atom is -0.346 e. The van der Waals surface area contributed by atoms with Crippen molar-refractivity contribution in [1.29, 1.82) is 0 Å². The van der Waals surface area contributed by atoms with Crippen LogP contribution in [0.15, 0.2) is 18.2 Å². The number of halogens is 2. The number of likely N-dealkylation sites (N-methyl/N-ethyl adjacent to an activating group) is 1. The van der Waals surface area contributed by atoms with Crippen LogP contribution in [0.25, 0.3) is 0 Å². The molecule has 5 heteroatoms. The van der Waals surface area contributed by atoms with Crippen LogP contribution >= 0.6 is 23.2 Å². The zero-order chi connectivity index (χ0) is 12.1. The highest BCUT2D eigenvalue weighted by Crippen LogP contribution is 2.20. The second-order valence-electron chi connectivity index (χ2n) is 3.84. The fourth-order valence-corrected chi connectivity index (χ4v) is 1.57. The van der Waals surface area contributed by atoms with E-state index in [0.29, 0.717) is 22.2 Å². The Morgan fingerprint density at radius 3 is 2.69 bits per heavy atom. The lowest BCUT2D eigenvalue weighted by Crippen LogP contribution is -3.06. The van der Waals surface area contributed by atoms with Crippen LogP contribution in [0.3, 0.4) is 0 Å². The molecular weight excluding hydrogens is 247 g/mol. The third kappa shape index (κ3) is 4.00. The molecule has 0 aromatic heterocycles. The van der Waals surface area contributed by atoms with Crippen molar-refractivity contribution in [3.05, 3.63) is 33.8 Å². The fourth-order valence-electron chi connectivity index (χ4n) is 1.19. The molecule has 0 atom stereocenters. The molecule has 0 spiro atoms. The van der Waals surface area contributed by atoms with Crippen LogP contribution in [-0.2, 0) is 0 Å². The predicted octanol–water partition coefficient (Wildman–Crippen LogP) is 0.868. The summed E-state index contributed by atoms with van der Waals surface area (Å²) in [7, 11) is 4.05. The summed E-state index contributed by atoms with van der Waals surface area (Å²) in [5.41, 5.74) is 0.419. The number of carbonyl (C=O) groups is 1. The van der Waals surface area contributed by atoms with Gasteiger partial charge in [-0.1, -0.05) is 23.2 Å². The molecule has 88 valence electrons. The van der Waals surface area contributed by atoms with Gasteiger partial charge in [-0.15, -0.1) is 0 Å². The Morgan fingerprint density at radius 1 is 1.38 bits per heavy atom. The van der Waals surface area contributed by atoms with Crippen molar-refractivity contribution in [2.75, 3.05) is 27.2 Å². The molecule has 0 radical (unpaired) electrons. The van der Waals surface area contributed by atoms with Gasteiger partial charge in [0.15, 0.2) is 0 Å². The van der Waals surface area contributed by atoms with E-state index in [4.69, 9.17) is 23.2 Å². The van der Waals surface area contributed by atoms with E-state index in [2.05, 4.69) is 5.32 Å². The summed E-state index contributed by atoms with van der Waals surface area (Å²) in [5, 5.41) is 3.72.